The van der Waals surface area contributed by atoms with Crippen molar-refractivity contribution in [3.63, 3.8) is 0 Å². The minimum atomic E-state index is -0.139. The quantitative estimate of drug-likeness (QED) is 0.656. The Kier molecular flexibility index (Phi) is 2.32. The minimum absolute atomic E-state index is 0.139. The van der Waals surface area contributed by atoms with Crippen LogP contribution in [0.4, 0.5) is 5.95 Å². The summed E-state index contributed by atoms with van der Waals surface area (Å²) in [7, 11) is 1.59. The summed E-state index contributed by atoms with van der Waals surface area (Å²) < 4.78 is 4.98. The van der Waals surface area contributed by atoms with Crippen molar-refractivity contribution in [1.82, 2.24) is 15.0 Å². The molecule has 1 aromatic rings. The van der Waals surface area contributed by atoms with Crippen molar-refractivity contribution in [2.45, 2.75) is 13.0 Å². The van der Waals surface area contributed by atoms with Crippen LogP contribution in [0.15, 0.2) is 6.33 Å². The molecule has 0 bridgehead atoms. The summed E-state index contributed by atoms with van der Waals surface area (Å²) in [4.78, 5) is 11.4. The minimum Gasteiger partial charge on any atom is -0.374 e. The third-order valence-corrected chi connectivity index (χ3v) is 1.33. The van der Waals surface area contributed by atoms with Crippen LogP contribution in [0.3, 0.4) is 0 Å². The van der Waals surface area contributed by atoms with Gasteiger partial charge < -0.3 is 10.5 Å². The largest absolute Gasteiger partial charge is 0.374 e. The lowest BCUT2D eigenvalue weighted by Crippen LogP contribution is -2.06. The number of nitrogens with zero attached hydrogens (tertiary/aromatic N) is 3. The van der Waals surface area contributed by atoms with Crippen molar-refractivity contribution in [2.75, 3.05) is 12.8 Å². The molecule has 2 N–H and O–H groups in total. The van der Waals surface area contributed by atoms with Crippen LogP contribution in [0, 0.1) is 0 Å². The zero-order valence-corrected chi connectivity index (χ0v) is 6.48. The van der Waals surface area contributed by atoms with E-state index in [9.17, 15) is 0 Å². The fourth-order valence-electron chi connectivity index (χ4n) is 0.624. The van der Waals surface area contributed by atoms with E-state index in [0.29, 0.717) is 5.82 Å². The molecule has 0 aliphatic carbocycles. The number of anilines is 1. The highest BCUT2D eigenvalue weighted by Gasteiger charge is 2.06. The summed E-state index contributed by atoms with van der Waals surface area (Å²) in [6.07, 6.45) is 1.23. The van der Waals surface area contributed by atoms with Gasteiger partial charge in [-0.2, -0.15) is 4.98 Å². The van der Waals surface area contributed by atoms with Gasteiger partial charge in [-0.05, 0) is 6.92 Å². The van der Waals surface area contributed by atoms with Crippen LogP contribution >= 0.6 is 0 Å². The molecule has 60 valence electrons. The van der Waals surface area contributed by atoms with E-state index in [2.05, 4.69) is 15.0 Å². The van der Waals surface area contributed by atoms with Gasteiger partial charge in [0.15, 0.2) is 5.82 Å². The maximum Gasteiger partial charge on any atom is 0.223 e. The molecule has 0 radical (unpaired) electrons. The van der Waals surface area contributed by atoms with E-state index < -0.39 is 0 Å². The molecular weight excluding hydrogens is 144 g/mol. The first-order valence-corrected chi connectivity index (χ1v) is 3.21. The molecule has 0 fully saturated rings. The van der Waals surface area contributed by atoms with Gasteiger partial charge in [-0.1, -0.05) is 0 Å². The molecule has 0 saturated heterocycles. The Labute approximate surface area is 64.6 Å². The predicted molar refractivity (Wildman–Crippen MR) is 39.7 cm³/mol. The fraction of sp³-hybridized carbons (Fsp3) is 0.500. The van der Waals surface area contributed by atoms with E-state index in [0.717, 1.165) is 0 Å². The number of nitrogen functional groups attached to an aromatic ring is 1. The molecule has 0 aliphatic heterocycles. The Bertz CT molecular complexity index is 240. The highest BCUT2D eigenvalue weighted by molar-refractivity contribution is 5.13. The maximum atomic E-state index is 5.33. The Morgan fingerprint density at radius 2 is 2.27 bits per heavy atom. The van der Waals surface area contributed by atoms with Gasteiger partial charge in [0.05, 0.1) is 0 Å². The van der Waals surface area contributed by atoms with Crippen LogP contribution in [-0.2, 0) is 4.74 Å². The number of hydrogen-bond donors (Lipinski definition) is 1. The van der Waals surface area contributed by atoms with E-state index in [1.807, 2.05) is 6.92 Å². The van der Waals surface area contributed by atoms with Gasteiger partial charge in [-0.3, -0.25) is 0 Å². The average Bonchev–Trinajstić information content (AvgIpc) is 2.03. The lowest BCUT2D eigenvalue weighted by molar-refractivity contribution is 0.112. The zero-order chi connectivity index (χ0) is 8.27. The lowest BCUT2D eigenvalue weighted by Gasteiger charge is -2.06. The van der Waals surface area contributed by atoms with Gasteiger partial charge in [0.25, 0.3) is 0 Å². The normalized spacial score (nSPS) is 12.9. The average molecular weight is 154 g/mol. The van der Waals surface area contributed by atoms with Gasteiger partial charge in [0.2, 0.25) is 5.95 Å². The molecular formula is C6H10N4O. The van der Waals surface area contributed by atoms with Gasteiger partial charge >= 0.3 is 0 Å². The van der Waals surface area contributed by atoms with E-state index in [4.69, 9.17) is 10.5 Å². The maximum absolute atomic E-state index is 5.33. The fourth-order valence-corrected chi connectivity index (χ4v) is 0.624. The Morgan fingerprint density at radius 3 is 2.82 bits per heavy atom. The first kappa shape index (κ1) is 7.87. The highest BCUT2D eigenvalue weighted by atomic mass is 16.5. The Balaban J connectivity index is 2.86. The molecule has 1 aromatic heterocycles. The molecule has 0 spiro atoms. The van der Waals surface area contributed by atoms with E-state index in [-0.39, 0.29) is 12.1 Å². The molecule has 11 heavy (non-hydrogen) atoms. The summed E-state index contributed by atoms with van der Waals surface area (Å²) in [6.45, 7) is 1.84. The third-order valence-electron chi connectivity index (χ3n) is 1.33. The van der Waals surface area contributed by atoms with Crippen LogP contribution in [-0.4, -0.2) is 22.1 Å². The topological polar surface area (TPSA) is 73.9 Å². The van der Waals surface area contributed by atoms with E-state index in [1.54, 1.807) is 7.11 Å². The summed E-state index contributed by atoms with van der Waals surface area (Å²) >= 11 is 0. The monoisotopic (exact) mass is 154 g/mol. The molecule has 1 rings (SSSR count). The van der Waals surface area contributed by atoms with E-state index in [1.165, 1.54) is 6.33 Å². The molecule has 1 unspecified atom stereocenters. The van der Waals surface area contributed by atoms with Crippen LogP contribution in [0.1, 0.15) is 18.9 Å². The smallest absolute Gasteiger partial charge is 0.223 e. The summed E-state index contributed by atoms with van der Waals surface area (Å²) in [5.41, 5.74) is 5.33. The SMILES string of the molecule is COC(C)c1ncnc(N)n1. The molecule has 0 aromatic carbocycles. The van der Waals surface area contributed by atoms with Crippen molar-refractivity contribution in [2.24, 2.45) is 0 Å². The van der Waals surface area contributed by atoms with Crippen molar-refractivity contribution in [3.05, 3.63) is 12.2 Å². The zero-order valence-electron chi connectivity index (χ0n) is 6.48. The molecule has 0 amide bonds. The second kappa shape index (κ2) is 3.25. The van der Waals surface area contributed by atoms with Crippen LogP contribution in [0.2, 0.25) is 0 Å². The number of methoxy groups -OCH3 is 1. The Morgan fingerprint density at radius 1 is 1.55 bits per heavy atom. The second-order valence-electron chi connectivity index (χ2n) is 2.08. The first-order valence-electron chi connectivity index (χ1n) is 3.21. The van der Waals surface area contributed by atoms with Crippen LogP contribution < -0.4 is 5.73 Å². The first-order chi connectivity index (χ1) is 5.24. The molecule has 5 heteroatoms. The van der Waals surface area contributed by atoms with Crippen LogP contribution in [0.5, 0.6) is 0 Å². The number of hydrogen-bond acceptors (Lipinski definition) is 5. The van der Waals surface area contributed by atoms with Crippen molar-refractivity contribution in [3.8, 4) is 0 Å². The highest BCUT2D eigenvalue weighted by Crippen LogP contribution is 2.08. The van der Waals surface area contributed by atoms with Gasteiger partial charge in [-0.15, -0.1) is 0 Å². The molecule has 1 atom stereocenters. The number of nitrogens with two attached hydrogens (primary N) is 1. The molecule has 0 aliphatic rings. The lowest BCUT2D eigenvalue weighted by atomic mass is 10.4. The Hall–Kier alpha value is -1.23. The summed E-state index contributed by atoms with van der Waals surface area (Å²) in [6, 6.07) is 0. The molecule has 5 nitrogen and oxygen atoms in total. The van der Waals surface area contributed by atoms with Crippen molar-refractivity contribution >= 4 is 5.95 Å². The van der Waals surface area contributed by atoms with Gasteiger partial charge in [0.1, 0.15) is 12.4 Å². The number of rotatable bonds is 2. The van der Waals surface area contributed by atoms with Crippen molar-refractivity contribution in [1.29, 1.82) is 0 Å². The van der Waals surface area contributed by atoms with Crippen molar-refractivity contribution < 1.29 is 4.74 Å². The number of aromatic nitrogens is 3. The van der Waals surface area contributed by atoms with Gasteiger partial charge in [-0.25, -0.2) is 9.97 Å². The third kappa shape index (κ3) is 1.84. The van der Waals surface area contributed by atoms with Crippen LogP contribution in [0.25, 0.3) is 0 Å². The molecule has 1 heterocycles. The molecule has 0 saturated carbocycles. The second-order valence-corrected chi connectivity index (χ2v) is 2.08. The standard InChI is InChI=1S/C6H10N4O/c1-4(11-2)5-8-3-9-6(7)10-5/h3-4H,1-2H3,(H2,7,8,9,10). The summed E-state index contributed by atoms with van der Waals surface area (Å²) in [5, 5.41) is 0. The van der Waals surface area contributed by atoms with Gasteiger partial charge in [0, 0.05) is 7.11 Å². The summed E-state index contributed by atoms with van der Waals surface area (Å²) in [5.74, 6) is 0.777. The number of ether oxygens (including phenoxy) is 1. The predicted octanol–water partition coefficient (Wildman–Crippen LogP) is 0.161. The van der Waals surface area contributed by atoms with E-state index >= 15 is 0 Å².